The summed E-state index contributed by atoms with van der Waals surface area (Å²) in [6.45, 7) is 0. The van der Waals surface area contributed by atoms with Crippen LogP contribution in [0.25, 0.3) is 6.08 Å². The molecule has 0 heterocycles. The van der Waals surface area contributed by atoms with Crippen molar-refractivity contribution in [1.29, 1.82) is 0 Å². The lowest BCUT2D eigenvalue weighted by molar-refractivity contribution is -0.385. The maximum atomic E-state index is 12.1. The van der Waals surface area contributed by atoms with E-state index in [1.165, 1.54) is 49.6 Å². The molecule has 0 aliphatic rings. The van der Waals surface area contributed by atoms with Gasteiger partial charge >= 0.3 is 5.97 Å². The summed E-state index contributed by atoms with van der Waals surface area (Å²) in [5, 5.41) is 42.2. The van der Waals surface area contributed by atoms with E-state index in [9.17, 15) is 35.0 Å². The molecule has 0 saturated carbocycles. The van der Waals surface area contributed by atoms with Gasteiger partial charge in [0.05, 0.1) is 12.0 Å². The molecule has 2 atom stereocenters. The first kappa shape index (κ1) is 21.4. The summed E-state index contributed by atoms with van der Waals surface area (Å²) < 4.78 is 4.95. The number of phenolic OH excluding ortho intramolecular Hbond substituents is 1. The Bertz CT molecular complexity index is 957. The number of aliphatic hydroxyl groups excluding tert-OH is 1. The van der Waals surface area contributed by atoms with E-state index in [1.807, 2.05) is 0 Å². The molecule has 2 aromatic carbocycles. The molecular weight excluding hydrogens is 384 g/mol. The number of nitrogens with one attached hydrogen (secondary N) is 1. The number of rotatable bonds is 8. The monoisotopic (exact) mass is 402 g/mol. The zero-order valence-electron chi connectivity index (χ0n) is 15.2. The second-order valence-corrected chi connectivity index (χ2v) is 5.89. The fourth-order valence-electron chi connectivity index (χ4n) is 2.46. The number of carbonyl (C=O) groups is 2. The molecule has 10 nitrogen and oxygen atoms in total. The molecule has 152 valence electrons. The van der Waals surface area contributed by atoms with Crippen LogP contribution >= 0.6 is 0 Å². The van der Waals surface area contributed by atoms with E-state index in [-0.39, 0.29) is 22.7 Å². The standard InChI is InChI=1S/C19H18N2O8/c1-29-15-9-11(5-7-14(15)22)6-8-16(23)20-17(19(25)26)18(24)12-3-2-4-13(10-12)21(27)28/h2-10,17-18,22,24H,1H3,(H,20,23)(H,25,26)/b8-6+/t17-,18+/m1/s1. The van der Waals surface area contributed by atoms with E-state index in [4.69, 9.17) is 4.74 Å². The number of non-ortho nitro benzene ring substituents is 1. The van der Waals surface area contributed by atoms with E-state index in [0.29, 0.717) is 5.56 Å². The predicted octanol–water partition coefficient (Wildman–Crippen LogP) is 1.63. The van der Waals surface area contributed by atoms with Gasteiger partial charge in [-0.05, 0) is 29.3 Å². The Morgan fingerprint density at radius 1 is 1.24 bits per heavy atom. The van der Waals surface area contributed by atoms with Gasteiger partial charge < -0.3 is 25.4 Å². The lowest BCUT2D eigenvalue weighted by Crippen LogP contribution is -2.44. The number of amides is 1. The van der Waals surface area contributed by atoms with Crippen molar-refractivity contribution in [1.82, 2.24) is 5.32 Å². The van der Waals surface area contributed by atoms with Crippen LogP contribution in [0.3, 0.4) is 0 Å². The number of ether oxygens (including phenoxy) is 1. The summed E-state index contributed by atoms with van der Waals surface area (Å²) in [7, 11) is 1.36. The predicted molar refractivity (Wildman–Crippen MR) is 101 cm³/mol. The second-order valence-electron chi connectivity index (χ2n) is 5.89. The van der Waals surface area contributed by atoms with Crippen molar-refractivity contribution in [3.8, 4) is 11.5 Å². The quantitative estimate of drug-likeness (QED) is 0.294. The van der Waals surface area contributed by atoms with Gasteiger partial charge in [0.15, 0.2) is 17.5 Å². The minimum atomic E-state index is -1.73. The molecule has 4 N–H and O–H groups in total. The van der Waals surface area contributed by atoms with Crippen molar-refractivity contribution in [3.05, 3.63) is 69.8 Å². The molecule has 0 aliphatic carbocycles. The molecule has 29 heavy (non-hydrogen) atoms. The lowest BCUT2D eigenvalue weighted by atomic mass is 10.0. The van der Waals surface area contributed by atoms with Crippen molar-refractivity contribution in [2.24, 2.45) is 0 Å². The molecule has 0 fully saturated rings. The highest BCUT2D eigenvalue weighted by molar-refractivity contribution is 5.94. The van der Waals surface area contributed by atoms with Gasteiger partial charge in [0.2, 0.25) is 5.91 Å². The number of methoxy groups -OCH3 is 1. The summed E-state index contributed by atoms with van der Waals surface area (Å²) in [5.41, 5.74) is 0.151. The molecule has 0 radical (unpaired) electrons. The smallest absolute Gasteiger partial charge is 0.329 e. The van der Waals surface area contributed by atoms with Crippen LogP contribution in [-0.4, -0.2) is 45.3 Å². The average molecular weight is 402 g/mol. The SMILES string of the molecule is COc1cc(/C=C/C(=O)N[C@@H](C(=O)O)[C@@H](O)c2cccc([N+](=O)[O-])c2)ccc1O. The van der Waals surface area contributed by atoms with Crippen LogP contribution in [0.1, 0.15) is 17.2 Å². The number of aliphatic carboxylic acids is 1. The summed E-state index contributed by atoms with van der Waals surface area (Å²) in [4.78, 5) is 33.8. The third-order valence-electron chi connectivity index (χ3n) is 3.93. The van der Waals surface area contributed by atoms with Crippen molar-refractivity contribution in [3.63, 3.8) is 0 Å². The minimum absolute atomic E-state index is 0.0286. The molecule has 0 bridgehead atoms. The Balaban J connectivity index is 2.15. The summed E-state index contributed by atoms with van der Waals surface area (Å²) in [6.07, 6.45) is 0.691. The first-order valence-electron chi connectivity index (χ1n) is 8.23. The fourth-order valence-corrected chi connectivity index (χ4v) is 2.46. The van der Waals surface area contributed by atoms with Gasteiger partial charge in [0.1, 0.15) is 6.10 Å². The van der Waals surface area contributed by atoms with E-state index in [1.54, 1.807) is 0 Å². The second kappa shape index (κ2) is 9.33. The number of benzene rings is 2. The number of aromatic hydroxyl groups is 1. The normalized spacial score (nSPS) is 12.9. The molecule has 0 aliphatic heterocycles. The van der Waals surface area contributed by atoms with Crippen LogP contribution in [-0.2, 0) is 9.59 Å². The van der Waals surface area contributed by atoms with Gasteiger partial charge in [0, 0.05) is 18.2 Å². The Morgan fingerprint density at radius 2 is 1.97 bits per heavy atom. The summed E-state index contributed by atoms with van der Waals surface area (Å²) in [5.74, 6) is -2.22. The number of hydrogen-bond acceptors (Lipinski definition) is 7. The molecule has 1 amide bonds. The third-order valence-corrected chi connectivity index (χ3v) is 3.93. The van der Waals surface area contributed by atoms with Crippen LogP contribution in [0, 0.1) is 10.1 Å². The van der Waals surface area contributed by atoms with Gasteiger partial charge in [0.25, 0.3) is 5.69 Å². The van der Waals surface area contributed by atoms with Crippen molar-refractivity contribution in [2.75, 3.05) is 7.11 Å². The van der Waals surface area contributed by atoms with Gasteiger partial charge in [-0.2, -0.15) is 0 Å². The molecule has 0 aromatic heterocycles. The molecule has 0 unspecified atom stereocenters. The molecule has 2 rings (SSSR count). The van der Waals surface area contributed by atoms with Gasteiger partial charge in [-0.1, -0.05) is 18.2 Å². The number of nitro benzene ring substituents is 1. The van der Waals surface area contributed by atoms with E-state index < -0.39 is 28.9 Å². The largest absolute Gasteiger partial charge is 0.504 e. The lowest BCUT2D eigenvalue weighted by Gasteiger charge is -2.20. The third kappa shape index (κ3) is 5.53. The summed E-state index contributed by atoms with van der Waals surface area (Å²) >= 11 is 0. The first-order valence-corrected chi connectivity index (χ1v) is 8.23. The molecule has 0 saturated heterocycles. The van der Waals surface area contributed by atoms with E-state index in [2.05, 4.69) is 5.32 Å². The van der Waals surface area contributed by atoms with Gasteiger partial charge in [-0.3, -0.25) is 14.9 Å². The van der Waals surface area contributed by atoms with E-state index in [0.717, 1.165) is 12.1 Å². The number of carbonyl (C=O) groups excluding carboxylic acids is 1. The first-order chi connectivity index (χ1) is 13.7. The molecule has 0 spiro atoms. The maximum absolute atomic E-state index is 12.1. The number of phenols is 1. The highest BCUT2D eigenvalue weighted by Crippen LogP contribution is 2.27. The minimum Gasteiger partial charge on any atom is -0.504 e. The van der Waals surface area contributed by atoms with Crippen molar-refractivity contribution >= 4 is 23.6 Å². The van der Waals surface area contributed by atoms with Crippen molar-refractivity contribution in [2.45, 2.75) is 12.1 Å². The molecular formula is C19H18N2O8. The topological polar surface area (TPSA) is 159 Å². The highest BCUT2D eigenvalue weighted by atomic mass is 16.6. The van der Waals surface area contributed by atoms with Crippen LogP contribution < -0.4 is 10.1 Å². The van der Waals surface area contributed by atoms with Crippen LogP contribution in [0.2, 0.25) is 0 Å². The summed E-state index contributed by atoms with van der Waals surface area (Å²) in [6, 6.07) is 7.45. The Hall–Kier alpha value is -3.92. The number of hydrogen-bond donors (Lipinski definition) is 4. The Labute approximate surface area is 164 Å². The van der Waals surface area contributed by atoms with Crippen molar-refractivity contribution < 1.29 is 34.6 Å². The van der Waals surface area contributed by atoms with Crippen LogP contribution in [0.15, 0.2) is 48.5 Å². The van der Waals surface area contributed by atoms with E-state index >= 15 is 0 Å². The number of aliphatic hydroxyl groups is 1. The highest BCUT2D eigenvalue weighted by Gasteiger charge is 2.29. The number of nitro groups is 1. The van der Waals surface area contributed by atoms with Gasteiger partial charge in [-0.15, -0.1) is 0 Å². The Morgan fingerprint density at radius 3 is 2.59 bits per heavy atom. The molecule has 2 aromatic rings. The zero-order valence-corrected chi connectivity index (χ0v) is 15.2. The average Bonchev–Trinajstić information content (AvgIpc) is 2.70. The number of carboxylic acid groups (broad SMARTS) is 1. The zero-order chi connectivity index (χ0) is 21.6. The van der Waals surface area contributed by atoms with Gasteiger partial charge in [-0.25, -0.2) is 4.79 Å². The van der Waals surface area contributed by atoms with Crippen LogP contribution in [0.4, 0.5) is 5.69 Å². The number of nitrogens with zero attached hydrogens (tertiary/aromatic N) is 1. The Kier molecular flexibility index (Phi) is 6.88. The number of carboxylic acids is 1. The van der Waals surface area contributed by atoms with Crippen LogP contribution in [0.5, 0.6) is 11.5 Å². The fraction of sp³-hybridized carbons (Fsp3) is 0.158. The molecule has 10 heteroatoms. The maximum Gasteiger partial charge on any atom is 0.329 e.